The van der Waals surface area contributed by atoms with E-state index in [1.807, 2.05) is 36.4 Å². The van der Waals surface area contributed by atoms with Crippen LogP contribution in [0.3, 0.4) is 0 Å². The van der Waals surface area contributed by atoms with E-state index in [-0.39, 0.29) is 0 Å². The molecule has 0 spiro atoms. The van der Waals surface area contributed by atoms with Gasteiger partial charge in [-0.15, -0.1) is 0 Å². The van der Waals surface area contributed by atoms with Crippen LogP contribution in [-0.4, -0.2) is 12.6 Å². The highest BCUT2D eigenvalue weighted by atomic mass is 16.5. The Morgan fingerprint density at radius 2 is 2.06 bits per heavy atom. The van der Waals surface area contributed by atoms with Crippen LogP contribution in [-0.2, 0) is 4.74 Å². The molecule has 0 saturated carbocycles. The number of hydrogen-bond acceptors (Lipinski definition) is 3. The van der Waals surface area contributed by atoms with Crippen LogP contribution in [0.4, 0.5) is 0 Å². The van der Waals surface area contributed by atoms with Gasteiger partial charge in [-0.2, -0.15) is 5.26 Å². The molecule has 84 valence electrons. The second-order valence-electron chi connectivity index (χ2n) is 3.54. The monoisotopic (exact) mass is 225 g/mol. The molecular formula is C14H11NO2. The average molecular weight is 225 g/mol. The standard InChI is InChI=1S/C14H11NO2/c1-2-17-14(16)13-11(9-15)8-7-10-5-3-4-6-12(10)13/h3-8H,2H2,1H3. The molecule has 0 bridgehead atoms. The lowest BCUT2D eigenvalue weighted by Crippen LogP contribution is -2.07. The van der Waals surface area contributed by atoms with Gasteiger partial charge in [-0.1, -0.05) is 30.3 Å². The molecule has 3 heteroatoms. The third kappa shape index (κ3) is 1.98. The Kier molecular flexibility index (Phi) is 3.06. The summed E-state index contributed by atoms with van der Waals surface area (Å²) in [6.45, 7) is 2.04. The Labute approximate surface area is 99.2 Å². The zero-order valence-corrected chi connectivity index (χ0v) is 9.43. The average Bonchev–Trinajstić information content (AvgIpc) is 2.37. The van der Waals surface area contributed by atoms with Crippen LogP contribution in [0.5, 0.6) is 0 Å². The third-order valence-corrected chi connectivity index (χ3v) is 2.53. The maximum Gasteiger partial charge on any atom is 0.340 e. The molecule has 2 aromatic rings. The number of rotatable bonds is 2. The highest BCUT2D eigenvalue weighted by molar-refractivity contribution is 6.06. The number of benzene rings is 2. The minimum atomic E-state index is -0.444. The van der Waals surface area contributed by atoms with E-state index < -0.39 is 5.97 Å². The van der Waals surface area contributed by atoms with Crippen molar-refractivity contribution in [1.82, 2.24) is 0 Å². The first-order valence-electron chi connectivity index (χ1n) is 5.37. The fourth-order valence-corrected chi connectivity index (χ4v) is 1.79. The first kappa shape index (κ1) is 11.2. The highest BCUT2D eigenvalue weighted by Gasteiger charge is 2.15. The van der Waals surface area contributed by atoms with Gasteiger partial charge in [0.1, 0.15) is 6.07 Å². The van der Waals surface area contributed by atoms with Gasteiger partial charge in [0.2, 0.25) is 0 Å². The molecule has 2 rings (SSSR count). The number of fused-ring (bicyclic) bond motifs is 1. The summed E-state index contributed by atoms with van der Waals surface area (Å²) in [7, 11) is 0. The zero-order chi connectivity index (χ0) is 12.3. The summed E-state index contributed by atoms with van der Waals surface area (Å²) in [5.74, 6) is -0.444. The Bertz CT molecular complexity index is 611. The van der Waals surface area contributed by atoms with Crippen LogP contribution in [0.25, 0.3) is 10.8 Å². The summed E-state index contributed by atoms with van der Waals surface area (Å²) in [6.07, 6.45) is 0. The molecule has 0 unspecified atom stereocenters. The van der Waals surface area contributed by atoms with E-state index in [1.54, 1.807) is 13.0 Å². The van der Waals surface area contributed by atoms with Crippen molar-refractivity contribution in [2.24, 2.45) is 0 Å². The molecule has 0 aromatic heterocycles. The van der Waals surface area contributed by atoms with Crippen molar-refractivity contribution in [3.05, 3.63) is 47.5 Å². The van der Waals surface area contributed by atoms with E-state index in [0.29, 0.717) is 17.7 Å². The van der Waals surface area contributed by atoms with E-state index >= 15 is 0 Å². The minimum absolute atomic E-state index is 0.299. The largest absolute Gasteiger partial charge is 0.462 e. The Hall–Kier alpha value is -2.34. The Morgan fingerprint density at radius 1 is 1.29 bits per heavy atom. The van der Waals surface area contributed by atoms with Crippen molar-refractivity contribution >= 4 is 16.7 Å². The van der Waals surface area contributed by atoms with Gasteiger partial charge < -0.3 is 4.74 Å². The maximum atomic E-state index is 11.9. The number of carbonyl (C=O) groups excluding carboxylic acids is 1. The number of esters is 1. The summed E-state index contributed by atoms with van der Waals surface area (Å²) in [5, 5.41) is 10.7. The van der Waals surface area contributed by atoms with E-state index in [1.165, 1.54) is 0 Å². The first-order chi connectivity index (χ1) is 8.27. The molecule has 0 heterocycles. The highest BCUT2D eigenvalue weighted by Crippen LogP contribution is 2.22. The predicted molar refractivity (Wildman–Crippen MR) is 64.6 cm³/mol. The molecule has 3 nitrogen and oxygen atoms in total. The topological polar surface area (TPSA) is 50.1 Å². The molecule has 0 N–H and O–H groups in total. The van der Waals surface area contributed by atoms with Crippen molar-refractivity contribution in [3.8, 4) is 6.07 Å². The van der Waals surface area contributed by atoms with Crippen molar-refractivity contribution in [2.75, 3.05) is 6.61 Å². The van der Waals surface area contributed by atoms with Gasteiger partial charge in [0, 0.05) is 0 Å². The molecular weight excluding hydrogens is 214 g/mol. The lowest BCUT2D eigenvalue weighted by Gasteiger charge is -2.07. The Balaban J connectivity index is 2.72. The molecule has 0 aliphatic carbocycles. The number of hydrogen-bond donors (Lipinski definition) is 0. The summed E-state index contributed by atoms with van der Waals surface area (Å²) in [4.78, 5) is 11.9. The maximum absolute atomic E-state index is 11.9. The smallest absolute Gasteiger partial charge is 0.340 e. The van der Waals surface area contributed by atoms with Crippen LogP contribution in [0.15, 0.2) is 36.4 Å². The van der Waals surface area contributed by atoms with Crippen LogP contribution in [0.1, 0.15) is 22.8 Å². The lowest BCUT2D eigenvalue weighted by atomic mass is 10.00. The van der Waals surface area contributed by atoms with Gasteiger partial charge in [-0.05, 0) is 23.8 Å². The molecule has 2 aromatic carbocycles. The second kappa shape index (κ2) is 4.67. The number of carbonyl (C=O) groups is 1. The molecule has 0 amide bonds. The van der Waals surface area contributed by atoms with Crippen molar-refractivity contribution in [1.29, 1.82) is 5.26 Å². The molecule has 0 aliphatic heterocycles. The van der Waals surface area contributed by atoms with Gasteiger partial charge in [-0.3, -0.25) is 0 Å². The van der Waals surface area contributed by atoms with E-state index in [0.717, 1.165) is 10.8 Å². The minimum Gasteiger partial charge on any atom is -0.462 e. The van der Waals surface area contributed by atoms with Crippen molar-refractivity contribution < 1.29 is 9.53 Å². The molecule has 0 saturated heterocycles. The molecule has 0 atom stereocenters. The fourth-order valence-electron chi connectivity index (χ4n) is 1.79. The number of nitriles is 1. The summed E-state index contributed by atoms with van der Waals surface area (Å²) in [5.41, 5.74) is 0.703. The lowest BCUT2D eigenvalue weighted by molar-refractivity contribution is 0.0528. The van der Waals surface area contributed by atoms with Gasteiger partial charge in [-0.25, -0.2) is 4.79 Å². The van der Waals surface area contributed by atoms with Crippen molar-refractivity contribution in [3.63, 3.8) is 0 Å². The number of ether oxygens (including phenoxy) is 1. The van der Waals surface area contributed by atoms with Crippen molar-refractivity contribution in [2.45, 2.75) is 6.92 Å². The van der Waals surface area contributed by atoms with Crippen LogP contribution in [0.2, 0.25) is 0 Å². The predicted octanol–water partition coefficient (Wildman–Crippen LogP) is 2.89. The van der Waals surface area contributed by atoms with Crippen LogP contribution in [0, 0.1) is 11.3 Å². The van der Waals surface area contributed by atoms with Crippen LogP contribution < -0.4 is 0 Å². The van der Waals surface area contributed by atoms with E-state index in [4.69, 9.17) is 10.00 Å². The molecule has 0 aliphatic rings. The van der Waals surface area contributed by atoms with Gasteiger partial charge >= 0.3 is 5.97 Å². The normalized spacial score (nSPS) is 9.88. The summed E-state index contributed by atoms with van der Waals surface area (Å²) >= 11 is 0. The summed E-state index contributed by atoms with van der Waals surface area (Å²) in [6, 6.07) is 13.0. The van der Waals surface area contributed by atoms with E-state index in [2.05, 4.69) is 0 Å². The quantitative estimate of drug-likeness (QED) is 0.738. The number of nitrogens with zero attached hydrogens (tertiary/aromatic N) is 1. The molecule has 0 fully saturated rings. The van der Waals surface area contributed by atoms with Crippen LogP contribution >= 0.6 is 0 Å². The first-order valence-corrected chi connectivity index (χ1v) is 5.37. The Morgan fingerprint density at radius 3 is 2.76 bits per heavy atom. The second-order valence-corrected chi connectivity index (χ2v) is 3.54. The van der Waals surface area contributed by atoms with Gasteiger partial charge in [0.25, 0.3) is 0 Å². The third-order valence-electron chi connectivity index (χ3n) is 2.53. The fraction of sp³-hybridized carbons (Fsp3) is 0.143. The van der Waals surface area contributed by atoms with Gasteiger partial charge in [0.05, 0.1) is 17.7 Å². The van der Waals surface area contributed by atoms with E-state index in [9.17, 15) is 4.79 Å². The van der Waals surface area contributed by atoms with Gasteiger partial charge in [0.15, 0.2) is 0 Å². The SMILES string of the molecule is CCOC(=O)c1c(C#N)ccc2ccccc12. The summed E-state index contributed by atoms with van der Waals surface area (Å²) < 4.78 is 4.99. The zero-order valence-electron chi connectivity index (χ0n) is 9.43. The molecule has 0 radical (unpaired) electrons. The molecule has 17 heavy (non-hydrogen) atoms.